The molecule has 172 valence electrons. The fourth-order valence-corrected chi connectivity index (χ4v) is 4.02. The second-order valence-electron chi connectivity index (χ2n) is 7.02. The summed E-state index contributed by atoms with van der Waals surface area (Å²) < 4.78 is 72.4. The van der Waals surface area contributed by atoms with Crippen LogP contribution in [0.1, 0.15) is 12.2 Å². The van der Waals surface area contributed by atoms with Gasteiger partial charge in [-0.2, -0.15) is 13.2 Å². The van der Waals surface area contributed by atoms with Crippen LogP contribution in [0.25, 0.3) is 11.0 Å². The Morgan fingerprint density at radius 2 is 1.88 bits per heavy atom. The van der Waals surface area contributed by atoms with E-state index < -0.39 is 27.9 Å². The van der Waals surface area contributed by atoms with E-state index in [1.54, 1.807) is 24.3 Å². The number of amides is 1. The maximum atomic E-state index is 13.6. The molecule has 0 unspecified atom stereocenters. The van der Waals surface area contributed by atoms with Gasteiger partial charge >= 0.3 is 6.18 Å². The van der Waals surface area contributed by atoms with E-state index in [1.165, 1.54) is 33.3 Å². The highest BCUT2D eigenvalue weighted by atomic mass is 32.2. The van der Waals surface area contributed by atoms with Crippen molar-refractivity contribution in [2.24, 2.45) is 0 Å². The third kappa shape index (κ3) is 4.70. The molecule has 0 radical (unpaired) electrons. The molecule has 3 aromatic rings. The van der Waals surface area contributed by atoms with Crippen LogP contribution in [0.3, 0.4) is 0 Å². The number of ether oxygens (including phenoxy) is 1. The zero-order valence-electron chi connectivity index (χ0n) is 17.5. The van der Waals surface area contributed by atoms with Crippen molar-refractivity contribution in [1.82, 2.24) is 13.9 Å². The van der Waals surface area contributed by atoms with Crippen molar-refractivity contribution >= 4 is 32.7 Å². The largest absolute Gasteiger partial charge is 0.495 e. The van der Waals surface area contributed by atoms with Crippen molar-refractivity contribution in [3.63, 3.8) is 0 Å². The molecule has 32 heavy (non-hydrogen) atoms. The number of hydrogen-bond donors (Lipinski definition) is 1. The molecule has 2 aromatic carbocycles. The molecule has 8 nitrogen and oxygen atoms in total. The quantitative estimate of drug-likeness (QED) is 0.572. The summed E-state index contributed by atoms with van der Waals surface area (Å²) in [6.45, 7) is -0.313. The fraction of sp³-hybridized carbons (Fsp3) is 0.300. The number of imidazole rings is 1. The van der Waals surface area contributed by atoms with Crippen LogP contribution >= 0.6 is 0 Å². The molecule has 12 heteroatoms. The van der Waals surface area contributed by atoms with Gasteiger partial charge in [-0.05, 0) is 30.3 Å². The standard InChI is InChI=1S/C20H21F3N4O4S/c1-26(2)32(29,30)13-8-9-16-15(12-13)25-19(20(21,22)23)27(16)11-10-18(28)24-14-6-4-5-7-17(14)31-3/h4-9,12H,10-11H2,1-3H3,(H,24,28). The summed E-state index contributed by atoms with van der Waals surface area (Å²) in [6.07, 6.45) is -5.07. The van der Waals surface area contributed by atoms with Crippen LogP contribution in [0.5, 0.6) is 5.75 Å². The van der Waals surface area contributed by atoms with Crippen LogP contribution in [0, 0.1) is 0 Å². The van der Waals surface area contributed by atoms with Gasteiger partial charge in [-0.25, -0.2) is 17.7 Å². The number of nitrogens with zero attached hydrogens (tertiary/aromatic N) is 3. The lowest BCUT2D eigenvalue weighted by Crippen LogP contribution is -2.22. The first-order chi connectivity index (χ1) is 14.9. The van der Waals surface area contributed by atoms with Crippen LogP contribution in [0.2, 0.25) is 0 Å². The summed E-state index contributed by atoms with van der Waals surface area (Å²) in [6, 6.07) is 10.2. The summed E-state index contributed by atoms with van der Waals surface area (Å²) in [5.74, 6) is -1.31. The van der Waals surface area contributed by atoms with E-state index in [1.807, 2.05) is 0 Å². The number of alkyl halides is 3. The summed E-state index contributed by atoms with van der Waals surface area (Å²) in [4.78, 5) is 15.8. The molecule has 0 fully saturated rings. The highest BCUT2D eigenvalue weighted by Gasteiger charge is 2.38. The van der Waals surface area contributed by atoms with Gasteiger partial charge in [0, 0.05) is 27.1 Å². The maximum Gasteiger partial charge on any atom is 0.449 e. The monoisotopic (exact) mass is 470 g/mol. The molecule has 1 amide bonds. The van der Waals surface area contributed by atoms with Crippen molar-refractivity contribution in [3.8, 4) is 5.75 Å². The Labute approximate surface area is 182 Å². The Hall–Kier alpha value is -3.12. The first kappa shape index (κ1) is 23.5. The SMILES string of the molecule is COc1ccccc1NC(=O)CCn1c(C(F)(F)F)nc2cc(S(=O)(=O)N(C)C)ccc21. The Balaban J connectivity index is 1.92. The molecular weight excluding hydrogens is 449 g/mol. The number of rotatable bonds is 7. The van der Waals surface area contributed by atoms with Gasteiger partial charge in [0.25, 0.3) is 0 Å². The second kappa shape index (κ2) is 8.79. The van der Waals surface area contributed by atoms with Crippen LogP contribution in [0.15, 0.2) is 47.4 Å². The first-order valence-electron chi connectivity index (χ1n) is 9.38. The van der Waals surface area contributed by atoms with Gasteiger partial charge in [0.15, 0.2) is 0 Å². The minimum absolute atomic E-state index is 0.0696. The minimum atomic E-state index is -4.79. The number of sulfonamides is 1. The minimum Gasteiger partial charge on any atom is -0.495 e. The van der Waals surface area contributed by atoms with Crippen LogP contribution in [-0.2, 0) is 27.5 Å². The van der Waals surface area contributed by atoms with Crippen molar-refractivity contribution in [1.29, 1.82) is 0 Å². The molecular formula is C20H21F3N4O4S. The van der Waals surface area contributed by atoms with Crippen molar-refractivity contribution < 1.29 is 31.1 Å². The van der Waals surface area contributed by atoms with Gasteiger partial charge in [-0.15, -0.1) is 0 Å². The lowest BCUT2D eigenvalue weighted by atomic mass is 10.2. The molecule has 0 saturated carbocycles. The van der Waals surface area contributed by atoms with E-state index in [0.717, 1.165) is 14.9 Å². The number of fused-ring (bicyclic) bond motifs is 1. The number of anilines is 1. The van der Waals surface area contributed by atoms with E-state index in [9.17, 15) is 26.4 Å². The molecule has 1 aromatic heterocycles. The van der Waals surface area contributed by atoms with Gasteiger partial charge < -0.3 is 14.6 Å². The van der Waals surface area contributed by atoms with Gasteiger partial charge in [0.05, 0.1) is 28.7 Å². The van der Waals surface area contributed by atoms with Crippen molar-refractivity contribution in [2.75, 3.05) is 26.5 Å². The number of hydrogen-bond acceptors (Lipinski definition) is 5. The number of carbonyl (C=O) groups is 1. The number of para-hydroxylation sites is 2. The number of nitrogens with one attached hydrogen (secondary N) is 1. The topological polar surface area (TPSA) is 93.5 Å². The molecule has 1 N–H and O–H groups in total. The Kier molecular flexibility index (Phi) is 6.46. The van der Waals surface area contributed by atoms with Crippen molar-refractivity contribution in [2.45, 2.75) is 24.0 Å². The maximum absolute atomic E-state index is 13.6. The highest BCUT2D eigenvalue weighted by molar-refractivity contribution is 7.89. The normalized spacial score (nSPS) is 12.3. The van der Waals surface area contributed by atoms with Crippen LogP contribution < -0.4 is 10.1 Å². The summed E-state index contributed by atoms with van der Waals surface area (Å²) in [5.41, 5.74) is 0.329. The highest BCUT2D eigenvalue weighted by Crippen LogP contribution is 2.33. The average molecular weight is 470 g/mol. The van der Waals surface area contributed by atoms with Gasteiger partial charge in [-0.3, -0.25) is 4.79 Å². The zero-order chi connectivity index (χ0) is 23.7. The van der Waals surface area contributed by atoms with E-state index in [4.69, 9.17) is 4.74 Å². The number of aryl methyl sites for hydroxylation is 1. The first-order valence-corrected chi connectivity index (χ1v) is 10.8. The number of methoxy groups -OCH3 is 1. The number of aromatic nitrogens is 2. The van der Waals surface area contributed by atoms with E-state index in [0.29, 0.717) is 11.4 Å². The molecule has 1 heterocycles. The van der Waals surface area contributed by atoms with Crippen LogP contribution in [0.4, 0.5) is 18.9 Å². The molecule has 0 bridgehead atoms. The third-order valence-electron chi connectivity index (χ3n) is 4.70. The summed E-state index contributed by atoms with van der Waals surface area (Å²) in [5, 5.41) is 2.61. The molecule has 0 aliphatic rings. The molecule has 0 saturated heterocycles. The Morgan fingerprint density at radius 1 is 1.19 bits per heavy atom. The molecule has 0 aliphatic heterocycles. The third-order valence-corrected chi connectivity index (χ3v) is 6.51. The molecule has 0 spiro atoms. The molecule has 0 aliphatic carbocycles. The van der Waals surface area contributed by atoms with Gasteiger partial charge in [0.2, 0.25) is 21.8 Å². The van der Waals surface area contributed by atoms with E-state index in [2.05, 4.69) is 10.3 Å². The van der Waals surface area contributed by atoms with E-state index >= 15 is 0 Å². The number of benzene rings is 2. The van der Waals surface area contributed by atoms with Gasteiger partial charge in [-0.1, -0.05) is 12.1 Å². The predicted octanol–water partition coefficient (Wildman–Crippen LogP) is 3.34. The van der Waals surface area contributed by atoms with Gasteiger partial charge in [0.1, 0.15) is 5.75 Å². The lowest BCUT2D eigenvalue weighted by molar-refractivity contribution is -0.147. The number of carbonyl (C=O) groups excluding carboxylic acids is 1. The van der Waals surface area contributed by atoms with E-state index in [-0.39, 0.29) is 28.9 Å². The second-order valence-corrected chi connectivity index (χ2v) is 9.17. The summed E-state index contributed by atoms with van der Waals surface area (Å²) in [7, 11) is 0.224. The Bertz CT molecular complexity index is 1250. The fourth-order valence-electron chi connectivity index (χ4n) is 3.10. The Morgan fingerprint density at radius 3 is 2.50 bits per heavy atom. The molecule has 0 atom stereocenters. The van der Waals surface area contributed by atoms with Crippen molar-refractivity contribution in [3.05, 3.63) is 48.3 Å². The van der Waals surface area contributed by atoms with Crippen LogP contribution in [-0.4, -0.2) is 49.4 Å². The predicted molar refractivity (Wildman–Crippen MR) is 112 cm³/mol. The molecule has 3 rings (SSSR count). The number of halogens is 3. The smallest absolute Gasteiger partial charge is 0.449 e. The lowest BCUT2D eigenvalue weighted by Gasteiger charge is -2.13. The zero-order valence-corrected chi connectivity index (χ0v) is 18.3. The average Bonchev–Trinajstić information content (AvgIpc) is 3.11. The summed E-state index contributed by atoms with van der Waals surface area (Å²) >= 11 is 0.